The average molecular weight is 360 g/mol. The number of hydrogen-bond donors (Lipinski definition) is 1. The van der Waals surface area contributed by atoms with Crippen molar-refractivity contribution >= 4 is 55.7 Å². The molecule has 24 heavy (non-hydrogen) atoms. The van der Waals surface area contributed by atoms with Crippen molar-refractivity contribution in [3.05, 3.63) is 46.9 Å². The molecule has 1 aromatic carbocycles. The molecule has 0 aliphatic carbocycles. The van der Waals surface area contributed by atoms with Crippen molar-refractivity contribution in [2.75, 3.05) is 12.4 Å². The molecule has 3 heterocycles. The summed E-state index contributed by atoms with van der Waals surface area (Å²) in [4.78, 5) is 20.8. The molecule has 6 nitrogen and oxygen atoms in total. The number of fused-ring (bicyclic) bond motifs is 2. The summed E-state index contributed by atoms with van der Waals surface area (Å²) in [5.74, 6) is 0.306. The van der Waals surface area contributed by atoms with E-state index in [1.807, 2.05) is 0 Å². The normalized spacial score (nSPS) is 11.1. The van der Waals surface area contributed by atoms with Gasteiger partial charge in [-0.05, 0) is 6.07 Å². The van der Waals surface area contributed by atoms with Gasteiger partial charge in [-0.3, -0.25) is 4.79 Å². The number of benzene rings is 1. The van der Waals surface area contributed by atoms with Crippen LogP contribution in [0.2, 0.25) is 5.15 Å². The monoisotopic (exact) mass is 359 g/mol. The Balaban J connectivity index is 1.76. The van der Waals surface area contributed by atoms with Crippen LogP contribution < -0.4 is 10.1 Å². The average Bonchev–Trinajstić information content (AvgIpc) is 3.21. The minimum Gasteiger partial charge on any atom is -0.497 e. The zero-order valence-electron chi connectivity index (χ0n) is 12.4. The molecule has 0 aliphatic rings. The maximum Gasteiger partial charge on any atom is 0.258 e. The van der Waals surface area contributed by atoms with Crippen LogP contribution in [-0.2, 0) is 0 Å². The van der Waals surface area contributed by atoms with Gasteiger partial charge in [-0.25, -0.2) is 9.97 Å². The predicted octanol–water partition coefficient (Wildman–Crippen LogP) is 4.35. The summed E-state index contributed by atoms with van der Waals surface area (Å²) < 4.78 is 11.3. The number of nitrogens with zero attached hydrogens (tertiary/aromatic N) is 2. The van der Waals surface area contributed by atoms with Crippen LogP contribution in [0.1, 0.15) is 10.4 Å². The van der Waals surface area contributed by atoms with Gasteiger partial charge in [0.05, 0.1) is 34.8 Å². The summed E-state index contributed by atoms with van der Waals surface area (Å²) in [6.07, 6.45) is 2.90. The number of rotatable bonds is 3. The quantitative estimate of drug-likeness (QED) is 0.550. The van der Waals surface area contributed by atoms with Crippen LogP contribution in [0, 0.1) is 0 Å². The second kappa shape index (κ2) is 5.77. The van der Waals surface area contributed by atoms with Gasteiger partial charge in [0, 0.05) is 22.9 Å². The Morgan fingerprint density at radius 2 is 2.25 bits per heavy atom. The van der Waals surface area contributed by atoms with E-state index in [0.29, 0.717) is 38.0 Å². The predicted molar refractivity (Wildman–Crippen MR) is 93.1 cm³/mol. The summed E-state index contributed by atoms with van der Waals surface area (Å²) in [6, 6.07) is 5.29. The SMILES string of the molecule is COc1cc(NC(=O)c2csc3c(Cl)ncnc23)c2ccoc2c1. The fourth-order valence-corrected chi connectivity index (χ4v) is 3.59. The number of carbonyl (C=O) groups is 1. The first-order valence-electron chi connectivity index (χ1n) is 6.91. The van der Waals surface area contributed by atoms with Gasteiger partial charge in [-0.1, -0.05) is 11.6 Å². The molecular formula is C16H10ClN3O3S. The molecule has 0 unspecified atom stereocenters. The lowest BCUT2D eigenvalue weighted by Gasteiger charge is -2.08. The topological polar surface area (TPSA) is 77.2 Å². The highest BCUT2D eigenvalue weighted by Gasteiger charge is 2.17. The third-order valence-corrected chi connectivity index (χ3v) is 4.96. The lowest BCUT2D eigenvalue weighted by atomic mass is 10.2. The standard InChI is InChI=1S/C16H10ClN3O3S/c1-22-8-4-11(9-2-3-23-12(9)5-8)20-16(21)10-6-24-14-13(10)18-7-19-15(14)17/h2-7H,1H3,(H,20,21). The Morgan fingerprint density at radius 1 is 1.38 bits per heavy atom. The smallest absolute Gasteiger partial charge is 0.258 e. The lowest BCUT2D eigenvalue weighted by Crippen LogP contribution is -2.12. The number of aromatic nitrogens is 2. The number of carbonyl (C=O) groups excluding carboxylic acids is 1. The van der Waals surface area contributed by atoms with E-state index in [4.69, 9.17) is 20.8 Å². The molecule has 0 saturated carbocycles. The van der Waals surface area contributed by atoms with E-state index in [-0.39, 0.29) is 5.91 Å². The molecule has 0 fully saturated rings. The molecule has 1 N–H and O–H groups in total. The number of methoxy groups -OCH3 is 1. The minimum absolute atomic E-state index is 0.285. The van der Waals surface area contributed by atoms with E-state index in [0.717, 1.165) is 5.39 Å². The molecule has 0 aliphatic heterocycles. The number of halogens is 1. The van der Waals surface area contributed by atoms with Crippen molar-refractivity contribution in [2.24, 2.45) is 0 Å². The number of nitrogens with one attached hydrogen (secondary N) is 1. The zero-order chi connectivity index (χ0) is 16.7. The van der Waals surface area contributed by atoms with E-state index >= 15 is 0 Å². The van der Waals surface area contributed by atoms with E-state index in [2.05, 4.69) is 15.3 Å². The maximum absolute atomic E-state index is 12.7. The largest absolute Gasteiger partial charge is 0.497 e. The van der Waals surface area contributed by atoms with Gasteiger partial charge in [-0.2, -0.15) is 0 Å². The van der Waals surface area contributed by atoms with Crippen LogP contribution in [0.4, 0.5) is 5.69 Å². The summed E-state index contributed by atoms with van der Waals surface area (Å²) in [5.41, 5.74) is 2.20. The minimum atomic E-state index is -0.285. The van der Waals surface area contributed by atoms with Crippen LogP contribution in [0.15, 0.2) is 40.6 Å². The summed E-state index contributed by atoms with van der Waals surface area (Å²) in [7, 11) is 1.56. The summed E-state index contributed by atoms with van der Waals surface area (Å²) in [6.45, 7) is 0. The van der Waals surface area contributed by atoms with Gasteiger partial charge < -0.3 is 14.5 Å². The summed E-state index contributed by atoms with van der Waals surface area (Å²) in [5, 5.41) is 5.72. The number of amides is 1. The Kier molecular flexibility index (Phi) is 3.59. The highest BCUT2D eigenvalue weighted by atomic mass is 35.5. The van der Waals surface area contributed by atoms with Gasteiger partial charge in [-0.15, -0.1) is 11.3 Å². The fraction of sp³-hybridized carbons (Fsp3) is 0.0625. The van der Waals surface area contributed by atoms with Crippen molar-refractivity contribution in [2.45, 2.75) is 0 Å². The Bertz CT molecular complexity index is 1070. The molecule has 8 heteroatoms. The van der Waals surface area contributed by atoms with Gasteiger partial charge in [0.15, 0.2) is 0 Å². The first kappa shape index (κ1) is 14.9. The molecule has 0 atom stereocenters. The third-order valence-electron chi connectivity index (χ3n) is 3.58. The van der Waals surface area contributed by atoms with E-state index in [1.165, 1.54) is 17.7 Å². The van der Waals surface area contributed by atoms with Gasteiger partial charge in [0.25, 0.3) is 5.91 Å². The molecule has 4 aromatic rings. The molecule has 1 amide bonds. The number of hydrogen-bond acceptors (Lipinski definition) is 6. The molecule has 120 valence electrons. The zero-order valence-corrected chi connectivity index (χ0v) is 13.9. The maximum atomic E-state index is 12.7. The Hall–Kier alpha value is -2.64. The molecule has 0 bridgehead atoms. The first-order chi connectivity index (χ1) is 11.7. The van der Waals surface area contributed by atoms with Gasteiger partial charge >= 0.3 is 0 Å². The van der Waals surface area contributed by atoms with Crippen LogP contribution >= 0.6 is 22.9 Å². The van der Waals surface area contributed by atoms with Crippen molar-refractivity contribution in [1.29, 1.82) is 0 Å². The molecular weight excluding hydrogens is 350 g/mol. The highest BCUT2D eigenvalue weighted by Crippen LogP contribution is 2.32. The summed E-state index contributed by atoms with van der Waals surface area (Å²) >= 11 is 7.37. The van der Waals surface area contributed by atoms with E-state index < -0.39 is 0 Å². The second-order valence-electron chi connectivity index (χ2n) is 4.95. The molecule has 0 saturated heterocycles. The van der Waals surface area contributed by atoms with Gasteiger partial charge in [0.1, 0.15) is 22.8 Å². The molecule has 0 radical (unpaired) electrons. The van der Waals surface area contributed by atoms with Crippen molar-refractivity contribution in [3.8, 4) is 5.75 Å². The molecule has 3 aromatic heterocycles. The molecule has 0 spiro atoms. The fourth-order valence-electron chi connectivity index (χ4n) is 2.44. The second-order valence-corrected chi connectivity index (χ2v) is 6.19. The van der Waals surface area contributed by atoms with Crippen LogP contribution in [-0.4, -0.2) is 23.0 Å². The molecule has 4 rings (SSSR count). The number of anilines is 1. The number of thiophene rings is 1. The lowest BCUT2D eigenvalue weighted by molar-refractivity contribution is 0.102. The van der Waals surface area contributed by atoms with Crippen LogP contribution in [0.3, 0.4) is 0 Å². The number of furan rings is 1. The van der Waals surface area contributed by atoms with Gasteiger partial charge in [0.2, 0.25) is 0 Å². The highest BCUT2D eigenvalue weighted by molar-refractivity contribution is 7.18. The van der Waals surface area contributed by atoms with Crippen molar-refractivity contribution in [3.63, 3.8) is 0 Å². The van der Waals surface area contributed by atoms with Crippen molar-refractivity contribution < 1.29 is 13.9 Å². The Labute approximate surface area is 145 Å². The third kappa shape index (κ3) is 2.38. The number of ether oxygens (including phenoxy) is 1. The van der Waals surface area contributed by atoms with E-state index in [1.54, 1.807) is 37.0 Å². The van der Waals surface area contributed by atoms with Crippen LogP contribution in [0.25, 0.3) is 21.2 Å². The van der Waals surface area contributed by atoms with E-state index in [9.17, 15) is 4.79 Å². The van der Waals surface area contributed by atoms with Crippen molar-refractivity contribution in [1.82, 2.24) is 9.97 Å². The first-order valence-corrected chi connectivity index (χ1v) is 8.17. The van der Waals surface area contributed by atoms with Crippen LogP contribution in [0.5, 0.6) is 5.75 Å². The Morgan fingerprint density at radius 3 is 3.08 bits per heavy atom.